The minimum Gasteiger partial charge on any atom is -0.203 e. The van der Waals surface area contributed by atoms with E-state index in [1.54, 1.807) is 8.93 Å². The molecule has 1 rings (SSSR count). The highest BCUT2D eigenvalue weighted by atomic mass is 127. The summed E-state index contributed by atoms with van der Waals surface area (Å²) in [5.41, 5.74) is 1.25. The van der Waals surface area contributed by atoms with Crippen LogP contribution in [0.3, 0.4) is 0 Å². The van der Waals surface area contributed by atoms with E-state index in [2.05, 4.69) is 110 Å². The molecule has 0 saturated carbocycles. The summed E-state index contributed by atoms with van der Waals surface area (Å²) in [5, 5.41) is 6.89. The van der Waals surface area contributed by atoms with Crippen LogP contribution in [0.5, 0.6) is 0 Å². The van der Waals surface area contributed by atoms with Crippen molar-refractivity contribution in [3.05, 3.63) is 5.69 Å². The quantitative estimate of drug-likeness (QED) is 0.331. The average Bonchev–Trinajstić information content (AvgIpc) is 2.28. The third-order valence-corrected chi connectivity index (χ3v) is 8.06. The lowest BCUT2D eigenvalue weighted by atomic mass is 10.5. The first-order valence-electron chi connectivity index (χ1n) is 2.94. The average molecular weight is 684 g/mol. The summed E-state index contributed by atoms with van der Waals surface area (Å²) in [5.74, 6) is 0. The second-order valence-corrected chi connectivity index (χ2v) is 32.3. The fraction of sp³-hybridized carbons (Fsp3) is 0.250. The SMILES string of the molecule is Cc1c(P)c(SI)nn1S(I)(I)I. The van der Waals surface area contributed by atoms with Gasteiger partial charge < -0.3 is 0 Å². The molecular weight excluding hydrogens is 679 g/mol. The Balaban J connectivity index is 3.25. The van der Waals surface area contributed by atoms with Gasteiger partial charge in [-0.05, 0) is 15.9 Å². The van der Waals surface area contributed by atoms with Crippen LogP contribution in [0.4, 0.5) is 0 Å². The number of aromatic nitrogens is 2. The van der Waals surface area contributed by atoms with Gasteiger partial charge in [0, 0.05) is 91.9 Å². The van der Waals surface area contributed by atoms with E-state index in [4.69, 9.17) is 0 Å². The summed E-state index contributed by atoms with van der Waals surface area (Å²) in [6, 6.07) is 0. The molecule has 76 valence electrons. The highest BCUT2D eigenvalue weighted by Crippen LogP contribution is 2.71. The predicted molar refractivity (Wildman–Crippen MR) is 101 cm³/mol. The Morgan fingerprint density at radius 1 is 1.46 bits per heavy atom. The summed E-state index contributed by atoms with van der Waals surface area (Å²) in [6.07, 6.45) is 0. The van der Waals surface area contributed by atoms with Crippen molar-refractivity contribution in [1.29, 1.82) is 0 Å². The van der Waals surface area contributed by atoms with E-state index in [1.807, 2.05) is 0 Å². The Labute approximate surface area is 134 Å². The first kappa shape index (κ1) is 14.3. The highest BCUT2D eigenvalue weighted by molar-refractivity contribution is 14.5. The molecule has 0 spiro atoms. The summed E-state index contributed by atoms with van der Waals surface area (Å²) >= 11 is 9.62. The van der Waals surface area contributed by atoms with Crippen molar-refractivity contribution in [2.75, 3.05) is 0 Å². The summed E-state index contributed by atoms with van der Waals surface area (Å²) in [4.78, 5) is 0. The zero-order valence-corrected chi connectivity index (χ0v) is 17.7. The lowest BCUT2D eigenvalue weighted by Gasteiger charge is -2.19. The first-order chi connectivity index (χ1) is 5.88. The van der Waals surface area contributed by atoms with Crippen molar-refractivity contribution < 1.29 is 0 Å². The molecule has 0 bridgehead atoms. The maximum atomic E-state index is 4.56. The fourth-order valence-corrected chi connectivity index (χ4v) is 7.30. The van der Waals surface area contributed by atoms with Crippen molar-refractivity contribution in [3.8, 4) is 0 Å². The van der Waals surface area contributed by atoms with Gasteiger partial charge >= 0.3 is 0 Å². The molecule has 1 atom stereocenters. The minimum atomic E-state index is -0.860. The van der Waals surface area contributed by atoms with Crippen LogP contribution in [0.15, 0.2) is 5.03 Å². The van der Waals surface area contributed by atoms with Gasteiger partial charge in [0.15, 0.2) is 0 Å². The van der Waals surface area contributed by atoms with Crippen LogP contribution >= 0.6 is 105 Å². The summed E-state index contributed by atoms with van der Waals surface area (Å²) in [6.45, 7) is 2.11. The largest absolute Gasteiger partial charge is 0.203 e. The molecule has 0 aliphatic heterocycles. The molecule has 13 heavy (non-hydrogen) atoms. The van der Waals surface area contributed by atoms with E-state index in [1.165, 1.54) is 11.0 Å². The van der Waals surface area contributed by atoms with Gasteiger partial charge in [-0.1, -0.05) is 0 Å². The molecule has 0 aromatic carbocycles. The van der Waals surface area contributed by atoms with Crippen LogP contribution in [-0.4, -0.2) is 9.19 Å². The van der Waals surface area contributed by atoms with Gasteiger partial charge in [0.05, 0.1) is 5.69 Å². The van der Waals surface area contributed by atoms with Gasteiger partial charge in [0.1, 0.15) is 5.03 Å². The molecular formula is C4H5I4N2PS2. The van der Waals surface area contributed by atoms with Crippen LogP contribution in [0.1, 0.15) is 5.69 Å². The smallest absolute Gasteiger partial charge is 0.137 e. The zero-order valence-electron chi connectivity index (χ0n) is 6.30. The van der Waals surface area contributed by atoms with Gasteiger partial charge in [-0.25, -0.2) is 4.09 Å². The van der Waals surface area contributed by atoms with Gasteiger partial charge in [-0.15, -0.1) is 9.24 Å². The van der Waals surface area contributed by atoms with Crippen LogP contribution in [0.25, 0.3) is 0 Å². The second kappa shape index (κ2) is 5.74. The molecule has 1 heterocycles. The van der Waals surface area contributed by atoms with E-state index in [0.717, 1.165) is 5.03 Å². The number of rotatable bonds is 2. The molecule has 0 aliphatic rings. The molecule has 1 aromatic rings. The number of halogens is 4. The molecule has 0 amide bonds. The van der Waals surface area contributed by atoms with E-state index in [-0.39, 0.29) is 0 Å². The van der Waals surface area contributed by atoms with E-state index >= 15 is 0 Å². The van der Waals surface area contributed by atoms with Gasteiger partial charge in [-0.2, -0.15) is 5.10 Å². The molecule has 0 fully saturated rings. The molecule has 1 unspecified atom stereocenters. The predicted octanol–water partition coefficient (Wildman–Crippen LogP) is 4.75. The molecule has 2 nitrogen and oxygen atoms in total. The normalized spacial score (nSPS) is 13.4. The maximum Gasteiger partial charge on any atom is 0.137 e. The maximum absolute atomic E-state index is 4.56. The van der Waals surface area contributed by atoms with E-state index in [0.29, 0.717) is 0 Å². The van der Waals surface area contributed by atoms with E-state index in [9.17, 15) is 0 Å². The lowest BCUT2D eigenvalue weighted by molar-refractivity contribution is 0.926. The lowest BCUT2D eigenvalue weighted by Crippen LogP contribution is -2.00. The monoisotopic (exact) mass is 684 g/mol. The topological polar surface area (TPSA) is 17.8 Å². The Bertz CT molecular complexity index is 323. The van der Waals surface area contributed by atoms with Crippen LogP contribution < -0.4 is 5.30 Å². The van der Waals surface area contributed by atoms with Crippen molar-refractivity contribution in [1.82, 2.24) is 9.19 Å². The fourth-order valence-electron chi connectivity index (χ4n) is 0.728. The van der Waals surface area contributed by atoms with Crippen molar-refractivity contribution in [2.24, 2.45) is 0 Å². The zero-order chi connectivity index (χ0) is 10.2. The van der Waals surface area contributed by atoms with Crippen molar-refractivity contribution in [2.45, 2.75) is 11.9 Å². The summed E-state index contributed by atoms with van der Waals surface area (Å²) in [7, 11) is 4.43. The highest BCUT2D eigenvalue weighted by Gasteiger charge is 2.21. The number of nitrogens with zero attached hydrogens (tertiary/aromatic N) is 2. The Morgan fingerprint density at radius 3 is 2.23 bits per heavy atom. The molecule has 0 aliphatic carbocycles. The van der Waals surface area contributed by atoms with Gasteiger partial charge in [-0.3, -0.25) is 0 Å². The third-order valence-electron chi connectivity index (χ3n) is 1.36. The number of hydrogen-bond donors (Lipinski definition) is 0. The Morgan fingerprint density at radius 2 is 2.00 bits per heavy atom. The summed E-state index contributed by atoms with van der Waals surface area (Å²) < 4.78 is 1.26. The van der Waals surface area contributed by atoms with Crippen molar-refractivity contribution in [3.63, 3.8) is 0 Å². The Hall–Kier alpha value is 3.26. The van der Waals surface area contributed by atoms with Crippen LogP contribution in [0, 0.1) is 6.92 Å². The van der Waals surface area contributed by atoms with Gasteiger partial charge in [0.25, 0.3) is 0 Å². The van der Waals surface area contributed by atoms with E-state index < -0.39 is 1.73 Å². The van der Waals surface area contributed by atoms with Gasteiger partial charge in [0.2, 0.25) is 0 Å². The second-order valence-electron chi connectivity index (χ2n) is 2.14. The Kier molecular flexibility index (Phi) is 6.32. The standard InChI is InChI=1S/C4H5I4N2PS2/c1-2-3(11)4(12-5)9-10(2)13(6,7)8/h11H2,1H3. The minimum absolute atomic E-state index is 0.860. The molecule has 1 aromatic heterocycles. The third kappa shape index (κ3) is 3.61. The van der Waals surface area contributed by atoms with Crippen LogP contribution in [0.2, 0.25) is 0 Å². The van der Waals surface area contributed by atoms with Crippen molar-refractivity contribution >= 4 is 110 Å². The molecule has 9 heteroatoms. The number of hydrogen-bond acceptors (Lipinski definition) is 2. The molecule has 0 radical (unpaired) electrons. The van der Waals surface area contributed by atoms with Crippen LogP contribution in [-0.2, 0) is 0 Å². The first-order valence-corrected chi connectivity index (χ1v) is 16.1. The molecule has 0 saturated heterocycles. The molecule has 0 N–H and O–H groups in total.